The van der Waals surface area contributed by atoms with Gasteiger partial charge in [-0.1, -0.05) is 48.9 Å². The van der Waals surface area contributed by atoms with Gasteiger partial charge in [0.15, 0.2) is 0 Å². The first-order chi connectivity index (χ1) is 25.3. The number of rotatable bonds is 18. The Morgan fingerprint density at radius 2 is 1.45 bits per heavy atom. The van der Waals surface area contributed by atoms with E-state index >= 15 is 0 Å². The van der Waals surface area contributed by atoms with Gasteiger partial charge in [0.2, 0.25) is 5.91 Å². The molecule has 3 amide bonds. The minimum atomic E-state index is -2.48. The van der Waals surface area contributed by atoms with E-state index in [-0.39, 0.29) is 30.6 Å². The molecule has 3 aromatic carbocycles. The number of ether oxygens (including phenoxy) is 3. The molecule has 7 N–H and O–H groups in total. The molecule has 15 heteroatoms. The van der Waals surface area contributed by atoms with E-state index in [1.54, 1.807) is 36.4 Å². The largest absolute Gasteiger partial charge is 0.497 e. The molecule has 0 bridgehead atoms. The van der Waals surface area contributed by atoms with Crippen molar-refractivity contribution in [1.82, 2.24) is 16.0 Å². The summed E-state index contributed by atoms with van der Waals surface area (Å²) >= 11 is 0. The van der Waals surface area contributed by atoms with E-state index in [0.29, 0.717) is 18.6 Å². The molecule has 0 saturated carbocycles. The van der Waals surface area contributed by atoms with E-state index in [1.165, 1.54) is 26.2 Å². The Morgan fingerprint density at radius 3 is 2.06 bits per heavy atom. The van der Waals surface area contributed by atoms with Gasteiger partial charge in [-0.05, 0) is 60.4 Å². The Bertz CT molecular complexity index is 1700. The number of aliphatic carboxylic acids is 2. The molecule has 1 aliphatic rings. The highest BCUT2D eigenvalue weighted by Crippen LogP contribution is 2.34. The van der Waals surface area contributed by atoms with Gasteiger partial charge < -0.3 is 50.6 Å². The second kappa shape index (κ2) is 18.9. The topological polar surface area (TPSA) is 230 Å². The van der Waals surface area contributed by atoms with E-state index in [2.05, 4.69) is 16.0 Å². The molecule has 4 rings (SSSR count). The number of aliphatic hydroxyl groups excluding tert-OH is 2. The fourth-order valence-corrected chi connectivity index (χ4v) is 5.99. The number of carboxylic acids is 2. The van der Waals surface area contributed by atoms with Crippen molar-refractivity contribution < 1.29 is 58.6 Å². The normalized spacial score (nSPS) is 20.7. The van der Waals surface area contributed by atoms with E-state index in [9.17, 15) is 39.3 Å². The smallest absolute Gasteiger partial charge is 0.364 e. The van der Waals surface area contributed by atoms with Crippen LogP contribution in [0.2, 0.25) is 0 Å². The summed E-state index contributed by atoms with van der Waals surface area (Å²) < 4.78 is 16.9. The number of benzene rings is 3. The van der Waals surface area contributed by atoms with Crippen LogP contribution in [-0.2, 0) is 23.9 Å². The van der Waals surface area contributed by atoms with E-state index in [0.717, 1.165) is 11.1 Å². The van der Waals surface area contributed by atoms with Crippen LogP contribution in [0.3, 0.4) is 0 Å². The van der Waals surface area contributed by atoms with E-state index in [1.807, 2.05) is 30.3 Å². The van der Waals surface area contributed by atoms with Gasteiger partial charge in [-0.3, -0.25) is 19.2 Å². The zero-order chi connectivity index (χ0) is 38.5. The first kappa shape index (κ1) is 40.4. The number of carbonyl (C=O) groups excluding carboxylic acids is 3. The molecule has 0 aliphatic carbocycles. The SMILES string of the molecule is COc1ccc(C(=O)N[C@H]2C[C@](OCCCCCC(=O)O)(C(=O)O)O[C@@H]([C@H](O)[C@H](O)CNC(=O)c3ccc(-c4ccccc4)cc3)[C@@H]2NC(C)=O)cc1. The standard InChI is InChI=1S/C38H45N3O12/c1-23(42)40-32-29(41-36(48)27-16-18-28(51-2)19-17-27)21-38(37(49)50,52-20-8-4-7-11-31(44)45)53-34(32)33(46)30(43)22-39-35(47)26-14-12-25(13-15-26)24-9-5-3-6-10-24/h3,5-6,9-10,12-19,29-30,32-34,43,46H,4,7-8,11,20-22H2,1-2H3,(H,39,47)(H,40,42)(H,41,48)(H,44,45)(H,49,50)/t29-,30+,32+,33+,34+,38+/m0/s1. The van der Waals surface area contributed by atoms with Crippen LogP contribution in [0.4, 0.5) is 0 Å². The molecule has 0 aromatic heterocycles. The quantitative estimate of drug-likeness (QED) is 0.0934. The van der Waals surface area contributed by atoms with Crippen LogP contribution in [0.5, 0.6) is 5.75 Å². The maximum Gasteiger partial charge on any atom is 0.364 e. The minimum absolute atomic E-state index is 0.0832. The Labute approximate surface area is 306 Å². The van der Waals surface area contributed by atoms with Crippen molar-refractivity contribution in [2.75, 3.05) is 20.3 Å². The molecule has 1 heterocycles. The predicted octanol–water partition coefficient (Wildman–Crippen LogP) is 2.35. The highest BCUT2D eigenvalue weighted by molar-refractivity contribution is 5.95. The summed E-state index contributed by atoms with van der Waals surface area (Å²) in [7, 11) is 1.46. The van der Waals surface area contributed by atoms with Gasteiger partial charge in [-0.15, -0.1) is 0 Å². The number of methoxy groups -OCH3 is 1. The summed E-state index contributed by atoms with van der Waals surface area (Å²) in [6.07, 6.45) is -4.99. The number of carbonyl (C=O) groups is 5. The van der Waals surface area contributed by atoms with Crippen molar-refractivity contribution in [2.45, 2.75) is 75.2 Å². The Balaban J connectivity index is 1.56. The summed E-state index contributed by atoms with van der Waals surface area (Å²) in [5.74, 6) is -6.39. The fraction of sp³-hybridized carbons (Fsp3) is 0.395. The van der Waals surface area contributed by atoms with Crippen LogP contribution in [0.25, 0.3) is 11.1 Å². The number of amides is 3. The highest BCUT2D eigenvalue weighted by Gasteiger charge is 2.56. The number of carboxylic acid groups (broad SMARTS) is 2. The number of hydrogen-bond acceptors (Lipinski definition) is 10. The maximum absolute atomic E-state index is 13.4. The van der Waals surface area contributed by atoms with Gasteiger partial charge in [0, 0.05) is 37.4 Å². The maximum atomic E-state index is 13.4. The zero-order valence-corrected chi connectivity index (χ0v) is 29.4. The van der Waals surface area contributed by atoms with Crippen molar-refractivity contribution in [3.05, 3.63) is 90.0 Å². The zero-order valence-electron chi connectivity index (χ0n) is 29.4. The Hall–Kier alpha value is -5.35. The van der Waals surface area contributed by atoms with Crippen LogP contribution >= 0.6 is 0 Å². The lowest BCUT2D eigenvalue weighted by molar-refractivity contribution is -0.300. The van der Waals surface area contributed by atoms with E-state index < -0.39 is 78.8 Å². The molecular weight excluding hydrogens is 690 g/mol. The third-order valence-electron chi connectivity index (χ3n) is 8.79. The van der Waals surface area contributed by atoms with Gasteiger partial charge in [0.05, 0.1) is 31.9 Å². The van der Waals surface area contributed by atoms with Crippen molar-refractivity contribution in [3.8, 4) is 16.9 Å². The molecule has 1 fully saturated rings. The van der Waals surface area contributed by atoms with Crippen LogP contribution in [-0.4, -0.2) is 107 Å². The second-order valence-electron chi connectivity index (χ2n) is 12.6. The second-order valence-corrected chi connectivity index (χ2v) is 12.6. The van der Waals surface area contributed by atoms with Gasteiger partial charge in [-0.25, -0.2) is 4.79 Å². The minimum Gasteiger partial charge on any atom is -0.497 e. The predicted molar refractivity (Wildman–Crippen MR) is 190 cm³/mol. The molecule has 1 aliphatic heterocycles. The molecule has 6 atom stereocenters. The van der Waals surface area contributed by atoms with Crippen molar-refractivity contribution in [3.63, 3.8) is 0 Å². The molecule has 53 heavy (non-hydrogen) atoms. The first-order valence-electron chi connectivity index (χ1n) is 17.1. The van der Waals surface area contributed by atoms with Crippen molar-refractivity contribution in [1.29, 1.82) is 0 Å². The lowest BCUT2D eigenvalue weighted by atomic mass is 9.86. The average Bonchev–Trinajstić information content (AvgIpc) is 3.15. The molecule has 3 aromatic rings. The van der Waals surface area contributed by atoms with Gasteiger partial charge in [0.25, 0.3) is 17.6 Å². The van der Waals surface area contributed by atoms with Crippen LogP contribution in [0.1, 0.15) is 59.7 Å². The molecule has 0 radical (unpaired) electrons. The lowest BCUT2D eigenvalue weighted by Gasteiger charge is -2.48. The summed E-state index contributed by atoms with van der Waals surface area (Å²) in [6.45, 7) is 0.485. The number of nitrogens with one attached hydrogen (secondary N) is 3. The number of aliphatic hydroxyl groups is 2. The third-order valence-corrected chi connectivity index (χ3v) is 8.79. The molecular formula is C38H45N3O12. The first-order valence-corrected chi connectivity index (χ1v) is 17.1. The molecule has 1 saturated heterocycles. The van der Waals surface area contributed by atoms with Crippen LogP contribution < -0.4 is 20.7 Å². The number of unbranched alkanes of at least 4 members (excludes halogenated alkanes) is 2. The molecule has 284 valence electrons. The van der Waals surface area contributed by atoms with Crippen molar-refractivity contribution >= 4 is 29.7 Å². The van der Waals surface area contributed by atoms with Gasteiger partial charge in [-0.2, -0.15) is 0 Å². The van der Waals surface area contributed by atoms with Crippen molar-refractivity contribution in [2.24, 2.45) is 0 Å². The van der Waals surface area contributed by atoms with Gasteiger partial charge in [0.1, 0.15) is 18.0 Å². The van der Waals surface area contributed by atoms with E-state index in [4.69, 9.17) is 19.3 Å². The average molecular weight is 736 g/mol. The number of hydrogen-bond donors (Lipinski definition) is 7. The summed E-state index contributed by atoms with van der Waals surface area (Å²) in [5.41, 5.74) is 2.29. The third kappa shape index (κ3) is 11.1. The van der Waals surface area contributed by atoms with Crippen LogP contribution in [0.15, 0.2) is 78.9 Å². The molecule has 0 spiro atoms. The summed E-state index contributed by atoms with van der Waals surface area (Å²) in [6, 6.07) is 19.8. The monoisotopic (exact) mass is 735 g/mol. The Morgan fingerprint density at radius 1 is 0.830 bits per heavy atom. The highest BCUT2D eigenvalue weighted by atomic mass is 16.7. The summed E-state index contributed by atoms with van der Waals surface area (Å²) in [4.78, 5) is 62.6. The van der Waals surface area contributed by atoms with Gasteiger partial charge >= 0.3 is 11.9 Å². The molecule has 15 nitrogen and oxygen atoms in total. The fourth-order valence-electron chi connectivity index (χ4n) is 5.99. The van der Waals surface area contributed by atoms with Crippen LogP contribution in [0, 0.1) is 0 Å². The summed E-state index contributed by atoms with van der Waals surface area (Å²) in [5, 5.41) is 49.9. The lowest BCUT2D eigenvalue weighted by Crippen LogP contribution is -2.71. The Kier molecular flexibility index (Phi) is 14.4. The molecule has 0 unspecified atom stereocenters.